The fourth-order valence-electron chi connectivity index (χ4n) is 1.73. The average Bonchev–Trinajstić information content (AvgIpc) is 2.29. The van der Waals surface area contributed by atoms with Crippen LogP contribution in [0, 0.1) is 0 Å². The number of aromatic amines is 1. The number of nitrogens with zero attached hydrogens (tertiary/aromatic N) is 1. The molecule has 0 aromatic carbocycles. The van der Waals surface area contributed by atoms with E-state index in [1.54, 1.807) is 18.3 Å². The van der Waals surface area contributed by atoms with Gasteiger partial charge in [-0.05, 0) is 25.0 Å². The maximum absolute atomic E-state index is 11.7. The molecule has 84 valence electrons. The van der Waals surface area contributed by atoms with E-state index in [2.05, 4.69) is 9.97 Å². The van der Waals surface area contributed by atoms with Crippen molar-refractivity contribution >= 4 is 11.0 Å². The highest BCUT2D eigenvalue weighted by atomic mass is 16.3. The highest BCUT2D eigenvalue weighted by molar-refractivity contribution is 5.82. The first-order valence-corrected chi connectivity index (χ1v) is 5.43. The second kappa shape index (κ2) is 4.35. The number of rotatable bonds is 3. The third kappa shape index (κ3) is 1.78. The summed E-state index contributed by atoms with van der Waals surface area (Å²) < 4.78 is 0. The molecule has 0 saturated heterocycles. The lowest BCUT2D eigenvalue weighted by molar-refractivity contribution is 0.471. The van der Waals surface area contributed by atoms with Crippen molar-refractivity contribution in [3.8, 4) is 5.75 Å². The number of H-pyrrole nitrogens is 1. The molecule has 2 aromatic rings. The van der Waals surface area contributed by atoms with Crippen LogP contribution in [0.5, 0.6) is 5.75 Å². The molecule has 0 spiro atoms. The molecule has 0 aliphatic heterocycles. The maximum atomic E-state index is 11.7. The average molecular weight is 218 g/mol. The van der Waals surface area contributed by atoms with Gasteiger partial charge in [0.05, 0.1) is 10.9 Å². The number of unbranched alkanes of at least 4 members (excludes halogenated alkanes) is 1. The lowest BCUT2D eigenvalue weighted by Gasteiger charge is -2.05. The van der Waals surface area contributed by atoms with Gasteiger partial charge in [0, 0.05) is 6.20 Å². The Bertz CT molecular complexity index is 560. The van der Waals surface area contributed by atoms with Gasteiger partial charge in [-0.15, -0.1) is 0 Å². The lowest BCUT2D eigenvalue weighted by atomic mass is 10.1. The van der Waals surface area contributed by atoms with Crippen molar-refractivity contribution in [2.75, 3.05) is 0 Å². The van der Waals surface area contributed by atoms with Gasteiger partial charge in [0.15, 0.2) is 0 Å². The van der Waals surface area contributed by atoms with Crippen molar-refractivity contribution in [1.29, 1.82) is 0 Å². The van der Waals surface area contributed by atoms with E-state index in [0.717, 1.165) is 12.8 Å². The fraction of sp³-hybridized carbons (Fsp3) is 0.333. The summed E-state index contributed by atoms with van der Waals surface area (Å²) in [6.07, 6.45) is 4.07. The molecular weight excluding hydrogens is 204 g/mol. The molecule has 0 unspecified atom stereocenters. The van der Waals surface area contributed by atoms with Crippen LogP contribution >= 0.6 is 0 Å². The number of fused-ring (bicyclic) bond motifs is 1. The zero-order valence-electron chi connectivity index (χ0n) is 9.16. The Labute approximate surface area is 93.0 Å². The maximum Gasteiger partial charge on any atom is 0.256 e. The quantitative estimate of drug-likeness (QED) is 0.827. The van der Waals surface area contributed by atoms with Crippen LogP contribution in [0.1, 0.15) is 25.3 Å². The Morgan fingerprint density at radius 2 is 2.31 bits per heavy atom. The van der Waals surface area contributed by atoms with Gasteiger partial charge in [-0.25, -0.2) is 4.98 Å². The molecule has 0 amide bonds. The first kappa shape index (κ1) is 10.7. The van der Waals surface area contributed by atoms with E-state index in [-0.39, 0.29) is 11.3 Å². The summed E-state index contributed by atoms with van der Waals surface area (Å²) in [6, 6.07) is 3.49. The zero-order chi connectivity index (χ0) is 11.5. The van der Waals surface area contributed by atoms with Crippen LogP contribution in [0.25, 0.3) is 11.0 Å². The smallest absolute Gasteiger partial charge is 0.256 e. The van der Waals surface area contributed by atoms with Gasteiger partial charge in [0.1, 0.15) is 11.4 Å². The Kier molecular flexibility index (Phi) is 2.90. The van der Waals surface area contributed by atoms with Crippen LogP contribution in [-0.2, 0) is 6.42 Å². The SMILES string of the molecule is CCCCc1c(O)c2cccnc2[nH]c1=O. The zero-order valence-corrected chi connectivity index (χ0v) is 9.16. The largest absolute Gasteiger partial charge is 0.507 e. The lowest BCUT2D eigenvalue weighted by Crippen LogP contribution is -2.13. The number of aromatic hydroxyl groups is 1. The van der Waals surface area contributed by atoms with Gasteiger partial charge < -0.3 is 10.1 Å². The predicted molar refractivity (Wildman–Crippen MR) is 62.6 cm³/mol. The normalized spacial score (nSPS) is 10.8. The summed E-state index contributed by atoms with van der Waals surface area (Å²) in [6.45, 7) is 2.05. The number of aromatic nitrogens is 2. The van der Waals surface area contributed by atoms with Crippen LogP contribution in [-0.4, -0.2) is 15.1 Å². The molecule has 0 atom stereocenters. The summed E-state index contributed by atoms with van der Waals surface area (Å²) in [5.41, 5.74) is 0.657. The van der Waals surface area contributed by atoms with Crippen molar-refractivity contribution in [3.05, 3.63) is 34.2 Å². The predicted octanol–water partition coefficient (Wildman–Crippen LogP) is 1.97. The molecule has 2 aromatic heterocycles. The molecule has 16 heavy (non-hydrogen) atoms. The first-order chi connectivity index (χ1) is 7.74. The van der Waals surface area contributed by atoms with Crippen LogP contribution in [0.2, 0.25) is 0 Å². The molecule has 0 saturated carbocycles. The van der Waals surface area contributed by atoms with Crippen LogP contribution < -0.4 is 5.56 Å². The van der Waals surface area contributed by atoms with Gasteiger partial charge >= 0.3 is 0 Å². The molecule has 2 N–H and O–H groups in total. The van der Waals surface area contributed by atoms with E-state index < -0.39 is 0 Å². The highest BCUT2D eigenvalue weighted by Crippen LogP contribution is 2.24. The second-order valence-electron chi connectivity index (χ2n) is 3.78. The molecule has 2 rings (SSSR count). The van der Waals surface area contributed by atoms with Crippen molar-refractivity contribution in [2.24, 2.45) is 0 Å². The van der Waals surface area contributed by atoms with E-state index in [0.29, 0.717) is 23.0 Å². The topological polar surface area (TPSA) is 66.0 Å². The standard InChI is InChI=1S/C12H14N2O2/c1-2-3-5-9-10(15)8-6-4-7-13-11(8)14-12(9)16/h4,6-7H,2-3,5H2,1H3,(H2,13,14,15,16). The molecule has 0 aliphatic rings. The Balaban J connectivity index is 2.61. The highest BCUT2D eigenvalue weighted by Gasteiger charge is 2.11. The molecular formula is C12H14N2O2. The Morgan fingerprint density at radius 1 is 1.50 bits per heavy atom. The van der Waals surface area contributed by atoms with Crippen LogP contribution in [0.4, 0.5) is 0 Å². The second-order valence-corrected chi connectivity index (χ2v) is 3.78. The van der Waals surface area contributed by atoms with Gasteiger partial charge in [-0.1, -0.05) is 13.3 Å². The van der Waals surface area contributed by atoms with E-state index in [9.17, 15) is 9.90 Å². The summed E-state index contributed by atoms with van der Waals surface area (Å²) in [7, 11) is 0. The molecule has 2 heterocycles. The summed E-state index contributed by atoms with van der Waals surface area (Å²) in [5, 5.41) is 10.6. The van der Waals surface area contributed by atoms with Crippen molar-refractivity contribution in [1.82, 2.24) is 9.97 Å². The first-order valence-electron chi connectivity index (χ1n) is 5.43. The number of pyridine rings is 2. The van der Waals surface area contributed by atoms with E-state index in [1.807, 2.05) is 6.92 Å². The monoisotopic (exact) mass is 218 g/mol. The van der Waals surface area contributed by atoms with Crippen LogP contribution in [0.3, 0.4) is 0 Å². The third-order valence-corrected chi connectivity index (χ3v) is 2.64. The minimum Gasteiger partial charge on any atom is -0.507 e. The fourth-order valence-corrected chi connectivity index (χ4v) is 1.73. The minimum atomic E-state index is -0.239. The van der Waals surface area contributed by atoms with Crippen LogP contribution in [0.15, 0.2) is 23.1 Å². The van der Waals surface area contributed by atoms with Crippen molar-refractivity contribution < 1.29 is 5.11 Å². The molecule has 0 bridgehead atoms. The van der Waals surface area contributed by atoms with Crippen molar-refractivity contribution in [3.63, 3.8) is 0 Å². The van der Waals surface area contributed by atoms with Crippen molar-refractivity contribution in [2.45, 2.75) is 26.2 Å². The van der Waals surface area contributed by atoms with Gasteiger partial charge in [-0.3, -0.25) is 4.79 Å². The number of hydrogen-bond donors (Lipinski definition) is 2. The van der Waals surface area contributed by atoms with E-state index >= 15 is 0 Å². The molecule has 0 fully saturated rings. The molecule has 0 radical (unpaired) electrons. The Hall–Kier alpha value is -1.84. The van der Waals surface area contributed by atoms with Gasteiger partial charge in [0.2, 0.25) is 0 Å². The summed E-state index contributed by atoms with van der Waals surface area (Å²) in [4.78, 5) is 18.4. The van der Waals surface area contributed by atoms with E-state index in [1.165, 1.54) is 0 Å². The van der Waals surface area contributed by atoms with Gasteiger partial charge in [0.25, 0.3) is 5.56 Å². The molecule has 0 aliphatic carbocycles. The minimum absolute atomic E-state index is 0.0697. The number of hydrogen-bond acceptors (Lipinski definition) is 3. The van der Waals surface area contributed by atoms with Gasteiger partial charge in [-0.2, -0.15) is 0 Å². The molecule has 4 nitrogen and oxygen atoms in total. The molecule has 4 heteroatoms. The summed E-state index contributed by atoms with van der Waals surface area (Å²) >= 11 is 0. The Morgan fingerprint density at radius 3 is 3.06 bits per heavy atom. The van der Waals surface area contributed by atoms with E-state index in [4.69, 9.17) is 0 Å². The third-order valence-electron chi connectivity index (χ3n) is 2.64. The number of nitrogens with one attached hydrogen (secondary N) is 1. The summed E-state index contributed by atoms with van der Waals surface area (Å²) in [5.74, 6) is 0.0697.